The Balaban J connectivity index is 1.46. The normalized spacial score (nSPS) is 17.5. The molecule has 2 heterocycles. The van der Waals surface area contributed by atoms with E-state index < -0.39 is 26.0 Å². The number of sulfonamides is 2. The number of piperazine rings is 1. The summed E-state index contributed by atoms with van der Waals surface area (Å²) in [5, 5.41) is 0. The number of benzene rings is 2. The number of rotatable bonds is 6. The minimum atomic E-state index is -3.78. The van der Waals surface area contributed by atoms with E-state index in [2.05, 4.69) is 0 Å². The molecule has 34 heavy (non-hydrogen) atoms. The second-order valence-corrected chi connectivity index (χ2v) is 12.2. The Kier molecular flexibility index (Phi) is 6.49. The van der Waals surface area contributed by atoms with Gasteiger partial charge in [0.05, 0.1) is 17.3 Å². The SMILES string of the molecule is CC(C)Oc1ccc(S(=O)(=O)N2CCN(c3ccc4c(c3)OCC(=O)N4S(C)(=O)=O)CC2)cc1. The molecule has 1 amide bonds. The molecule has 10 nitrogen and oxygen atoms in total. The van der Waals surface area contributed by atoms with Crippen LogP contribution in [0.2, 0.25) is 0 Å². The third-order valence-corrected chi connectivity index (χ3v) is 8.49. The molecule has 12 heteroatoms. The van der Waals surface area contributed by atoms with Gasteiger partial charge in [0.1, 0.15) is 17.2 Å². The second kappa shape index (κ2) is 9.08. The van der Waals surface area contributed by atoms with E-state index in [1.54, 1.807) is 36.4 Å². The van der Waals surface area contributed by atoms with Crippen molar-refractivity contribution in [2.75, 3.05) is 48.2 Å². The second-order valence-electron chi connectivity index (χ2n) is 8.39. The summed E-state index contributed by atoms with van der Waals surface area (Å²) >= 11 is 0. The molecule has 0 unspecified atom stereocenters. The monoisotopic (exact) mass is 509 g/mol. The Bertz CT molecular complexity index is 1280. The van der Waals surface area contributed by atoms with Crippen LogP contribution in [0.15, 0.2) is 47.4 Å². The first-order valence-corrected chi connectivity index (χ1v) is 14.1. The van der Waals surface area contributed by atoms with Gasteiger partial charge in [-0.05, 0) is 50.2 Å². The van der Waals surface area contributed by atoms with E-state index in [1.165, 1.54) is 10.4 Å². The van der Waals surface area contributed by atoms with Gasteiger partial charge in [-0.25, -0.2) is 21.1 Å². The highest BCUT2D eigenvalue weighted by Gasteiger charge is 2.34. The van der Waals surface area contributed by atoms with E-state index in [0.717, 1.165) is 16.2 Å². The maximum Gasteiger partial charge on any atom is 0.278 e. The molecule has 0 N–H and O–H groups in total. The highest BCUT2D eigenvalue weighted by atomic mass is 32.2. The average Bonchev–Trinajstić information content (AvgIpc) is 2.78. The van der Waals surface area contributed by atoms with Crippen LogP contribution in [0.4, 0.5) is 11.4 Å². The van der Waals surface area contributed by atoms with Crippen LogP contribution >= 0.6 is 0 Å². The lowest BCUT2D eigenvalue weighted by atomic mass is 10.2. The summed E-state index contributed by atoms with van der Waals surface area (Å²) in [4.78, 5) is 14.3. The molecular formula is C22H27N3O7S2. The Morgan fingerprint density at radius 1 is 0.941 bits per heavy atom. The van der Waals surface area contributed by atoms with Crippen LogP contribution in [-0.4, -0.2) is 72.2 Å². The lowest BCUT2D eigenvalue weighted by molar-refractivity contribution is -0.120. The topological polar surface area (TPSA) is 114 Å². The minimum Gasteiger partial charge on any atom is -0.491 e. The molecule has 0 spiro atoms. The Morgan fingerprint density at radius 2 is 1.59 bits per heavy atom. The number of anilines is 2. The van der Waals surface area contributed by atoms with Gasteiger partial charge in [-0.15, -0.1) is 0 Å². The van der Waals surface area contributed by atoms with Crippen LogP contribution < -0.4 is 18.7 Å². The van der Waals surface area contributed by atoms with Crippen LogP contribution in [-0.2, 0) is 24.8 Å². The number of ether oxygens (including phenoxy) is 2. The van der Waals surface area contributed by atoms with Crippen molar-refractivity contribution in [2.24, 2.45) is 0 Å². The standard InChI is InChI=1S/C22H27N3O7S2/c1-16(2)32-18-5-7-19(8-6-18)34(29,30)24-12-10-23(11-13-24)17-4-9-20-21(14-17)31-15-22(26)25(20)33(3,27)28/h4-9,14,16H,10-13,15H2,1-3H3. The molecule has 0 saturated carbocycles. The number of amides is 1. The predicted octanol–water partition coefficient (Wildman–Crippen LogP) is 1.67. The summed E-state index contributed by atoms with van der Waals surface area (Å²) in [6.45, 7) is 4.91. The molecule has 0 atom stereocenters. The first-order chi connectivity index (χ1) is 16.0. The van der Waals surface area contributed by atoms with E-state index in [-0.39, 0.29) is 23.3 Å². The van der Waals surface area contributed by atoms with E-state index >= 15 is 0 Å². The summed E-state index contributed by atoms with van der Waals surface area (Å²) in [5.74, 6) is 0.260. The molecule has 0 radical (unpaired) electrons. The van der Waals surface area contributed by atoms with Gasteiger partial charge in [0.25, 0.3) is 5.91 Å². The van der Waals surface area contributed by atoms with Gasteiger partial charge in [-0.2, -0.15) is 4.31 Å². The van der Waals surface area contributed by atoms with Crippen molar-refractivity contribution in [3.8, 4) is 11.5 Å². The van der Waals surface area contributed by atoms with Gasteiger partial charge in [0.2, 0.25) is 20.0 Å². The van der Waals surface area contributed by atoms with E-state index in [9.17, 15) is 21.6 Å². The molecule has 0 bridgehead atoms. The predicted molar refractivity (Wildman–Crippen MR) is 127 cm³/mol. The van der Waals surface area contributed by atoms with Crippen molar-refractivity contribution in [1.82, 2.24) is 4.31 Å². The van der Waals surface area contributed by atoms with Gasteiger partial charge in [-0.3, -0.25) is 4.79 Å². The number of hydrogen-bond donors (Lipinski definition) is 0. The smallest absolute Gasteiger partial charge is 0.278 e. The molecule has 2 aromatic rings. The Labute approximate surface area is 199 Å². The van der Waals surface area contributed by atoms with Gasteiger partial charge >= 0.3 is 0 Å². The summed E-state index contributed by atoms with van der Waals surface area (Å²) in [7, 11) is -7.42. The van der Waals surface area contributed by atoms with Gasteiger partial charge in [0.15, 0.2) is 6.61 Å². The molecule has 0 aliphatic carbocycles. The highest BCUT2D eigenvalue weighted by molar-refractivity contribution is 7.92. The zero-order valence-corrected chi connectivity index (χ0v) is 20.8. The molecule has 2 aromatic carbocycles. The van der Waals surface area contributed by atoms with Crippen LogP contribution in [0, 0.1) is 0 Å². The number of nitrogens with zero attached hydrogens (tertiary/aromatic N) is 3. The fraction of sp³-hybridized carbons (Fsp3) is 0.409. The van der Waals surface area contributed by atoms with Crippen LogP contribution in [0.5, 0.6) is 11.5 Å². The van der Waals surface area contributed by atoms with Gasteiger partial charge in [-0.1, -0.05) is 0 Å². The van der Waals surface area contributed by atoms with Crippen molar-refractivity contribution in [3.05, 3.63) is 42.5 Å². The zero-order chi connectivity index (χ0) is 24.7. The average molecular weight is 510 g/mol. The van der Waals surface area contributed by atoms with Gasteiger partial charge < -0.3 is 14.4 Å². The maximum atomic E-state index is 13.1. The third kappa shape index (κ3) is 4.84. The van der Waals surface area contributed by atoms with Crippen LogP contribution in [0.3, 0.4) is 0 Å². The summed E-state index contributed by atoms with van der Waals surface area (Å²) in [5.41, 5.74) is 0.933. The number of hydrogen-bond acceptors (Lipinski definition) is 8. The first-order valence-electron chi connectivity index (χ1n) is 10.8. The molecular weight excluding hydrogens is 482 g/mol. The van der Waals surface area contributed by atoms with E-state index in [1.807, 2.05) is 18.7 Å². The summed E-state index contributed by atoms with van der Waals surface area (Å²) in [6.07, 6.45) is 0.970. The lowest BCUT2D eigenvalue weighted by Gasteiger charge is -2.36. The van der Waals surface area contributed by atoms with Crippen molar-refractivity contribution < 1.29 is 31.1 Å². The molecule has 184 valence electrons. The van der Waals surface area contributed by atoms with Crippen molar-refractivity contribution >= 4 is 37.3 Å². The highest BCUT2D eigenvalue weighted by Crippen LogP contribution is 2.37. The number of fused-ring (bicyclic) bond motifs is 1. The molecule has 1 saturated heterocycles. The van der Waals surface area contributed by atoms with Gasteiger partial charge in [0, 0.05) is 37.9 Å². The van der Waals surface area contributed by atoms with Crippen LogP contribution in [0.1, 0.15) is 13.8 Å². The molecule has 2 aliphatic rings. The molecule has 1 fully saturated rings. The van der Waals surface area contributed by atoms with Crippen molar-refractivity contribution in [3.63, 3.8) is 0 Å². The number of carbonyl (C=O) groups is 1. The fourth-order valence-corrected chi connectivity index (χ4v) is 6.33. The minimum absolute atomic E-state index is 0.000496. The zero-order valence-electron chi connectivity index (χ0n) is 19.2. The maximum absolute atomic E-state index is 13.1. The summed E-state index contributed by atoms with van der Waals surface area (Å²) in [6, 6.07) is 11.3. The largest absolute Gasteiger partial charge is 0.491 e. The number of carbonyl (C=O) groups excluding carboxylic acids is 1. The van der Waals surface area contributed by atoms with E-state index in [0.29, 0.717) is 37.7 Å². The Morgan fingerprint density at radius 3 is 2.18 bits per heavy atom. The van der Waals surface area contributed by atoms with Crippen LogP contribution in [0.25, 0.3) is 0 Å². The molecule has 4 rings (SSSR count). The summed E-state index contributed by atoms with van der Waals surface area (Å²) < 4.78 is 63.4. The van der Waals surface area contributed by atoms with Crippen molar-refractivity contribution in [2.45, 2.75) is 24.8 Å². The fourth-order valence-electron chi connectivity index (χ4n) is 3.98. The molecule has 0 aromatic heterocycles. The molecule has 2 aliphatic heterocycles. The first kappa shape index (κ1) is 24.3. The van der Waals surface area contributed by atoms with Crippen molar-refractivity contribution in [1.29, 1.82) is 0 Å². The third-order valence-electron chi connectivity index (χ3n) is 5.51. The Hall–Kier alpha value is -2.83. The van der Waals surface area contributed by atoms with E-state index in [4.69, 9.17) is 9.47 Å². The quantitative estimate of drug-likeness (QED) is 0.578. The lowest BCUT2D eigenvalue weighted by Crippen LogP contribution is -2.48.